The maximum absolute atomic E-state index is 5.41. The molecule has 2 aliphatic heterocycles. The molecule has 2 saturated heterocycles. The van der Waals surface area contributed by atoms with Gasteiger partial charge in [-0.1, -0.05) is 12.1 Å². The normalized spacial score (nSPS) is 24.6. The maximum atomic E-state index is 5.41. The highest BCUT2D eigenvalue weighted by Gasteiger charge is 2.25. The van der Waals surface area contributed by atoms with Gasteiger partial charge in [0.25, 0.3) is 0 Å². The third kappa shape index (κ3) is 2.99. The monoisotopic (exact) mass is 274 g/mol. The van der Waals surface area contributed by atoms with Crippen LogP contribution in [0.5, 0.6) is 0 Å². The fourth-order valence-corrected chi connectivity index (χ4v) is 3.31. The second-order valence-corrected chi connectivity index (χ2v) is 6.27. The van der Waals surface area contributed by atoms with Gasteiger partial charge in [-0.3, -0.25) is 0 Å². The van der Waals surface area contributed by atoms with E-state index in [9.17, 15) is 0 Å². The number of likely N-dealkylation sites (tertiary alicyclic amines) is 1. The highest BCUT2D eigenvalue weighted by Crippen LogP contribution is 2.29. The molecule has 0 N–H and O–H groups in total. The molecule has 2 heterocycles. The van der Waals surface area contributed by atoms with Crippen LogP contribution in [-0.4, -0.2) is 50.3 Å². The van der Waals surface area contributed by atoms with Crippen molar-refractivity contribution in [3.8, 4) is 0 Å². The molecule has 0 aromatic heterocycles. The average Bonchev–Trinajstić information content (AvgIpc) is 2.98. The van der Waals surface area contributed by atoms with Crippen LogP contribution in [-0.2, 0) is 4.74 Å². The third-order valence-electron chi connectivity index (χ3n) is 4.69. The van der Waals surface area contributed by atoms with Crippen LogP contribution in [0, 0.1) is 0 Å². The quantitative estimate of drug-likeness (QED) is 0.843. The molecule has 110 valence electrons. The molecule has 1 aromatic rings. The van der Waals surface area contributed by atoms with Gasteiger partial charge < -0.3 is 14.5 Å². The first kappa shape index (κ1) is 13.9. The molecule has 0 amide bonds. The Morgan fingerprint density at radius 2 is 1.75 bits per heavy atom. The summed E-state index contributed by atoms with van der Waals surface area (Å²) in [6.07, 6.45) is 1.30. The van der Waals surface area contributed by atoms with Crippen molar-refractivity contribution in [2.75, 3.05) is 44.3 Å². The Balaban J connectivity index is 1.64. The van der Waals surface area contributed by atoms with Gasteiger partial charge >= 0.3 is 0 Å². The minimum Gasteiger partial charge on any atom is -0.378 e. The van der Waals surface area contributed by atoms with Crippen LogP contribution in [0.1, 0.15) is 31.7 Å². The Hall–Kier alpha value is -1.06. The predicted octanol–water partition coefficient (Wildman–Crippen LogP) is 2.72. The van der Waals surface area contributed by atoms with Gasteiger partial charge in [-0.15, -0.1) is 0 Å². The second-order valence-electron chi connectivity index (χ2n) is 6.27. The van der Waals surface area contributed by atoms with E-state index in [0.29, 0.717) is 6.04 Å². The number of hydrogen-bond donors (Lipinski definition) is 0. The van der Waals surface area contributed by atoms with Crippen LogP contribution in [0.2, 0.25) is 0 Å². The van der Waals surface area contributed by atoms with Crippen molar-refractivity contribution in [1.82, 2.24) is 4.90 Å². The summed E-state index contributed by atoms with van der Waals surface area (Å²) in [5.74, 6) is 0.719. The molecule has 1 unspecified atom stereocenters. The zero-order valence-corrected chi connectivity index (χ0v) is 12.7. The van der Waals surface area contributed by atoms with Gasteiger partial charge in [0.15, 0.2) is 0 Å². The molecule has 0 radical (unpaired) electrons. The lowest BCUT2D eigenvalue weighted by Crippen LogP contribution is -2.36. The van der Waals surface area contributed by atoms with Crippen LogP contribution in [0.25, 0.3) is 0 Å². The topological polar surface area (TPSA) is 15.7 Å². The minimum atomic E-state index is 0.674. The Kier molecular flexibility index (Phi) is 4.27. The molecule has 1 aromatic carbocycles. The molecule has 0 aliphatic carbocycles. The van der Waals surface area contributed by atoms with Gasteiger partial charge in [0, 0.05) is 31.4 Å². The number of rotatable bonds is 3. The molecule has 3 heteroatoms. The Morgan fingerprint density at radius 1 is 1.05 bits per heavy atom. The average molecular weight is 274 g/mol. The first-order valence-corrected chi connectivity index (χ1v) is 7.91. The summed E-state index contributed by atoms with van der Waals surface area (Å²) in [4.78, 5) is 5.00. The number of benzene rings is 1. The Bertz CT molecular complexity index is 423. The van der Waals surface area contributed by atoms with Crippen LogP contribution in [0.15, 0.2) is 24.3 Å². The SMILES string of the molecule is CC(C)N1CCC(c2ccc(N3CCOCC3)cc2)C1. The standard InChI is InChI=1S/C17H26N2O/c1-14(2)19-8-7-16(13-19)15-3-5-17(6-4-15)18-9-11-20-12-10-18/h3-6,14,16H,7-13H2,1-2H3. The highest BCUT2D eigenvalue weighted by molar-refractivity contribution is 5.48. The summed E-state index contributed by atoms with van der Waals surface area (Å²) in [7, 11) is 0. The largest absolute Gasteiger partial charge is 0.378 e. The lowest BCUT2D eigenvalue weighted by atomic mass is 9.98. The summed E-state index contributed by atoms with van der Waals surface area (Å²) in [5, 5.41) is 0. The van der Waals surface area contributed by atoms with Crippen molar-refractivity contribution in [2.24, 2.45) is 0 Å². The van der Waals surface area contributed by atoms with Crippen molar-refractivity contribution in [3.05, 3.63) is 29.8 Å². The van der Waals surface area contributed by atoms with Crippen molar-refractivity contribution in [2.45, 2.75) is 32.2 Å². The first-order valence-electron chi connectivity index (χ1n) is 7.91. The van der Waals surface area contributed by atoms with Crippen molar-refractivity contribution in [3.63, 3.8) is 0 Å². The van der Waals surface area contributed by atoms with E-state index < -0.39 is 0 Å². The van der Waals surface area contributed by atoms with Crippen LogP contribution < -0.4 is 4.90 Å². The Morgan fingerprint density at radius 3 is 2.35 bits per heavy atom. The molecule has 2 fully saturated rings. The molecule has 0 saturated carbocycles. The van der Waals surface area contributed by atoms with Crippen LogP contribution in [0.4, 0.5) is 5.69 Å². The van der Waals surface area contributed by atoms with Gasteiger partial charge in [0.2, 0.25) is 0 Å². The van der Waals surface area contributed by atoms with Crippen molar-refractivity contribution in [1.29, 1.82) is 0 Å². The van der Waals surface area contributed by atoms with Crippen molar-refractivity contribution < 1.29 is 4.74 Å². The molecule has 2 aliphatic rings. The molecule has 3 nitrogen and oxygen atoms in total. The number of ether oxygens (including phenoxy) is 1. The van der Waals surface area contributed by atoms with E-state index in [1.807, 2.05) is 0 Å². The molecule has 0 bridgehead atoms. The van der Waals surface area contributed by atoms with Gasteiger partial charge in [-0.25, -0.2) is 0 Å². The lowest BCUT2D eigenvalue weighted by molar-refractivity contribution is 0.122. The summed E-state index contributed by atoms with van der Waals surface area (Å²) >= 11 is 0. The summed E-state index contributed by atoms with van der Waals surface area (Å²) in [5.41, 5.74) is 2.85. The zero-order chi connectivity index (χ0) is 13.9. The molecule has 20 heavy (non-hydrogen) atoms. The zero-order valence-electron chi connectivity index (χ0n) is 12.7. The van der Waals surface area contributed by atoms with Gasteiger partial charge in [-0.05, 0) is 50.4 Å². The molecule has 3 rings (SSSR count). The number of nitrogens with zero attached hydrogens (tertiary/aromatic N) is 2. The van der Waals surface area contributed by atoms with E-state index in [1.165, 1.54) is 30.8 Å². The van der Waals surface area contributed by atoms with Crippen LogP contribution >= 0.6 is 0 Å². The van der Waals surface area contributed by atoms with Crippen LogP contribution in [0.3, 0.4) is 0 Å². The van der Waals surface area contributed by atoms with Gasteiger partial charge in [0.1, 0.15) is 0 Å². The minimum absolute atomic E-state index is 0.674. The number of morpholine rings is 1. The van der Waals surface area contributed by atoms with E-state index >= 15 is 0 Å². The van der Waals surface area contributed by atoms with Crippen molar-refractivity contribution >= 4 is 5.69 Å². The van der Waals surface area contributed by atoms with E-state index in [-0.39, 0.29) is 0 Å². The molecule has 0 spiro atoms. The number of hydrogen-bond acceptors (Lipinski definition) is 3. The fraction of sp³-hybridized carbons (Fsp3) is 0.647. The van der Waals surface area contributed by atoms with Gasteiger partial charge in [-0.2, -0.15) is 0 Å². The first-order chi connectivity index (χ1) is 9.74. The lowest BCUT2D eigenvalue weighted by Gasteiger charge is -2.29. The maximum Gasteiger partial charge on any atom is 0.0642 e. The summed E-state index contributed by atoms with van der Waals surface area (Å²) < 4.78 is 5.41. The van der Waals surface area contributed by atoms with E-state index in [0.717, 1.165) is 32.2 Å². The third-order valence-corrected chi connectivity index (χ3v) is 4.69. The summed E-state index contributed by atoms with van der Waals surface area (Å²) in [6, 6.07) is 9.92. The van der Waals surface area contributed by atoms with E-state index in [4.69, 9.17) is 4.74 Å². The number of anilines is 1. The fourth-order valence-electron chi connectivity index (χ4n) is 3.31. The Labute approximate surface area is 122 Å². The van der Waals surface area contributed by atoms with E-state index in [1.54, 1.807) is 0 Å². The molecular weight excluding hydrogens is 248 g/mol. The predicted molar refractivity (Wildman–Crippen MR) is 83.5 cm³/mol. The highest BCUT2D eigenvalue weighted by atomic mass is 16.5. The molecule has 1 atom stereocenters. The second kappa shape index (κ2) is 6.15. The smallest absolute Gasteiger partial charge is 0.0642 e. The van der Waals surface area contributed by atoms with E-state index in [2.05, 4.69) is 47.9 Å². The molecular formula is C17H26N2O. The van der Waals surface area contributed by atoms with Gasteiger partial charge in [0.05, 0.1) is 13.2 Å². The summed E-state index contributed by atoms with van der Waals surface area (Å²) in [6.45, 7) is 10.8.